The van der Waals surface area contributed by atoms with Gasteiger partial charge in [-0.15, -0.1) is 22.7 Å². The van der Waals surface area contributed by atoms with E-state index in [1.165, 1.54) is 9.80 Å². The molecule has 22 heteroatoms. The van der Waals surface area contributed by atoms with E-state index in [1.54, 1.807) is 22.7 Å². The van der Waals surface area contributed by atoms with Crippen molar-refractivity contribution in [3.05, 3.63) is 82.1 Å². The van der Waals surface area contributed by atoms with E-state index < -0.39 is 59.0 Å². The number of unbranched alkanes of at least 4 members (excludes halogenated alkanes) is 2. The molecule has 4 aromatic rings. The average Bonchev–Trinajstić information content (AvgIpc) is 4.32. The Morgan fingerprint density at radius 1 is 0.585 bits per heavy atom. The van der Waals surface area contributed by atoms with Gasteiger partial charge in [0.15, 0.2) is 5.78 Å². The number of ketones is 1. The third-order valence-corrected chi connectivity index (χ3v) is 16.3. The molecule has 5 amide bonds. The van der Waals surface area contributed by atoms with Crippen LogP contribution >= 0.6 is 22.7 Å². The lowest BCUT2D eigenvalue weighted by atomic mass is 9.85. The number of carbonyl (C=O) groups excluding carboxylic acids is 6. The number of thiazole rings is 2. The van der Waals surface area contributed by atoms with Gasteiger partial charge in [0, 0.05) is 78.7 Å². The van der Waals surface area contributed by atoms with E-state index >= 15 is 0 Å². The van der Waals surface area contributed by atoms with Gasteiger partial charge >= 0.3 is 0 Å². The van der Waals surface area contributed by atoms with Crippen LogP contribution < -0.4 is 21.3 Å². The molecule has 0 bridgehead atoms. The van der Waals surface area contributed by atoms with Crippen LogP contribution in [0.4, 0.5) is 0 Å². The lowest BCUT2D eigenvalue weighted by molar-refractivity contribution is -0.144. The molecule has 2 aromatic carbocycles. The zero-order chi connectivity index (χ0) is 59.4. The van der Waals surface area contributed by atoms with Crippen molar-refractivity contribution >= 4 is 58.0 Å². The molecular weight excluding hydrogens is 1090 g/mol. The lowest BCUT2D eigenvalue weighted by Crippen LogP contribution is -2.58. The number of aliphatic hydroxyl groups is 2. The van der Waals surface area contributed by atoms with Crippen LogP contribution in [0.25, 0.3) is 20.9 Å². The monoisotopic (exact) mass is 1170 g/mol. The Morgan fingerprint density at radius 3 is 1.43 bits per heavy atom. The Balaban J connectivity index is 0.764. The van der Waals surface area contributed by atoms with E-state index in [0.29, 0.717) is 52.5 Å². The van der Waals surface area contributed by atoms with Gasteiger partial charge in [-0.25, -0.2) is 9.97 Å². The summed E-state index contributed by atoms with van der Waals surface area (Å²) >= 11 is 3.14. The molecule has 2 aliphatic rings. The number of hydrogen-bond acceptors (Lipinski definition) is 17. The second-order valence-corrected chi connectivity index (χ2v) is 25.0. The summed E-state index contributed by atoms with van der Waals surface area (Å²) in [7, 11) is 0. The van der Waals surface area contributed by atoms with Crippen LogP contribution in [0.5, 0.6) is 0 Å². The van der Waals surface area contributed by atoms with Crippen molar-refractivity contribution in [3.63, 3.8) is 0 Å². The molecule has 2 fully saturated rings. The van der Waals surface area contributed by atoms with Gasteiger partial charge in [0.2, 0.25) is 29.5 Å². The summed E-state index contributed by atoms with van der Waals surface area (Å²) in [4.78, 5) is 94.3. The molecule has 6 rings (SSSR count). The molecule has 2 aliphatic heterocycles. The number of amides is 5. The van der Waals surface area contributed by atoms with Gasteiger partial charge in [-0.05, 0) is 79.0 Å². The Bertz CT molecular complexity index is 2690. The van der Waals surface area contributed by atoms with E-state index in [1.807, 2.05) is 115 Å². The smallest absolute Gasteiger partial charge is 0.246 e. The third kappa shape index (κ3) is 20.1. The Labute approximate surface area is 490 Å². The normalized spacial score (nSPS) is 18.1. The minimum Gasteiger partial charge on any atom is -0.391 e. The lowest BCUT2D eigenvalue weighted by Gasteiger charge is -2.35. The second-order valence-electron chi connectivity index (χ2n) is 23.3. The van der Waals surface area contributed by atoms with Gasteiger partial charge < -0.3 is 54.9 Å². The summed E-state index contributed by atoms with van der Waals surface area (Å²) in [6.45, 7) is 17.9. The first kappa shape index (κ1) is 65.6. The Kier molecular flexibility index (Phi) is 25.5. The Hall–Kier alpha value is -5.56. The topological polar surface area (TPSA) is 260 Å². The fourth-order valence-electron chi connectivity index (χ4n) is 9.81. The minimum atomic E-state index is -0.959. The quantitative estimate of drug-likeness (QED) is 0.0329. The van der Waals surface area contributed by atoms with Crippen LogP contribution in [0.2, 0.25) is 0 Å². The van der Waals surface area contributed by atoms with Gasteiger partial charge in [-0.1, -0.05) is 90.1 Å². The van der Waals surface area contributed by atoms with Crippen molar-refractivity contribution in [2.45, 2.75) is 150 Å². The number of aliphatic hydroxyl groups excluding tert-OH is 2. The number of hydrogen-bond donors (Lipinski definition) is 6. The number of ether oxygens (including phenoxy) is 4. The zero-order valence-corrected chi connectivity index (χ0v) is 50.6. The first-order valence-electron chi connectivity index (χ1n) is 28.5. The van der Waals surface area contributed by atoms with Gasteiger partial charge in [0.05, 0.1) is 57.0 Å². The van der Waals surface area contributed by atoms with Gasteiger partial charge in [0.25, 0.3) is 0 Å². The van der Waals surface area contributed by atoms with Crippen LogP contribution in [0, 0.1) is 24.7 Å². The molecule has 0 spiro atoms. The van der Waals surface area contributed by atoms with E-state index in [2.05, 4.69) is 31.2 Å². The predicted octanol–water partition coefficient (Wildman–Crippen LogP) is 5.53. The first-order chi connectivity index (χ1) is 39.1. The van der Waals surface area contributed by atoms with E-state index in [9.17, 15) is 39.0 Å². The Morgan fingerprint density at radius 2 is 1.00 bits per heavy atom. The van der Waals surface area contributed by atoms with Crippen LogP contribution in [0.15, 0.2) is 59.6 Å². The predicted molar refractivity (Wildman–Crippen MR) is 315 cm³/mol. The van der Waals surface area contributed by atoms with Gasteiger partial charge in [-0.3, -0.25) is 34.1 Å². The highest BCUT2D eigenvalue weighted by atomic mass is 32.1. The van der Waals surface area contributed by atoms with Crippen molar-refractivity contribution in [1.82, 2.24) is 41.0 Å². The highest BCUT2D eigenvalue weighted by molar-refractivity contribution is 7.13. The average molecular weight is 1180 g/mol. The number of benzene rings is 2. The van der Waals surface area contributed by atoms with Crippen LogP contribution in [-0.2, 0) is 60.8 Å². The summed E-state index contributed by atoms with van der Waals surface area (Å²) < 4.78 is 22.7. The summed E-state index contributed by atoms with van der Waals surface area (Å²) in [6, 6.07) is 12.3. The molecule has 2 aromatic heterocycles. The van der Waals surface area contributed by atoms with Gasteiger partial charge in [-0.2, -0.15) is 0 Å². The fraction of sp³-hybridized carbons (Fsp3) is 0.600. The van der Waals surface area contributed by atoms with Crippen LogP contribution in [0.3, 0.4) is 0 Å². The number of rotatable bonds is 32. The molecule has 82 heavy (non-hydrogen) atoms. The summed E-state index contributed by atoms with van der Waals surface area (Å²) in [5, 5.41) is 32.9. The zero-order valence-electron chi connectivity index (χ0n) is 49.0. The number of aryl methyl sites for hydroxylation is 2. The summed E-state index contributed by atoms with van der Waals surface area (Å²) in [6.07, 6.45) is 2.32. The largest absolute Gasteiger partial charge is 0.391 e. The van der Waals surface area contributed by atoms with Crippen LogP contribution in [0.1, 0.15) is 109 Å². The van der Waals surface area contributed by atoms with Gasteiger partial charge in [0.1, 0.15) is 31.3 Å². The maximum atomic E-state index is 14.0. The number of β-amino-alcohol motifs (C(OH)–C–C–N with tert-alkyl or cyclic N) is 2. The molecule has 450 valence electrons. The molecule has 0 unspecified atom stereocenters. The molecule has 2 saturated heterocycles. The number of nitrogens with one attached hydrogen (secondary N) is 4. The minimum absolute atomic E-state index is 0.0173. The number of carbonyl (C=O) groups is 6. The highest BCUT2D eigenvalue weighted by Gasteiger charge is 2.46. The van der Waals surface area contributed by atoms with Crippen molar-refractivity contribution in [2.75, 3.05) is 72.5 Å². The second kappa shape index (κ2) is 31.9. The SMILES string of the molecule is Cc1ncsc1-c1ccc(CNC(=O)[C@@H]2C[C@@H](O)CN2C(=O)[C@@H](NCC(=O)COCCCOCCCCCOCCCOCC(=O)N[C@H](C(=O)N2C[C@H](O)C[C@H]2C(=O)NCc2ccc(-c3scnc3C)cc2)C(C)(C)C)C(C)(C)C)cc1. The molecule has 4 heterocycles. The molecule has 0 saturated carbocycles. The number of Topliss-reactive ketones (excluding diaryl/α,β-unsaturated/α-hetero) is 1. The van der Waals surface area contributed by atoms with Crippen molar-refractivity contribution in [3.8, 4) is 20.9 Å². The van der Waals surface area contributed by atoms with Crippen molar-refractivity contribution < 1.29 is 57.9 Å². The number of nitrogens with zero attached hydrogens (tertiary/aromatic N) is 4. The molecule has 6 atom stereocenters. The van der Waals surface area contributed by atoms with E-state index in [4.69, 9.17) is 18.9 Å². The molecule has 0 aliphatic carbocycles. The molecule has 20 nitrogen and oxygen atoms in total. The molecule has 0 radical (unpaired) electrons. The number of aromatic nitrogens is 2. The third-order valence-electron chi connectivity index (χ3n) is 14.3. The molecule has 6 N–H and O–H groups in total. The van der Waals surface area contributed by atoms with Crippen molar-refractivity contribution in [1.29, 1.82) is 0 Å². The van der Waals surface area contributed by atoms with Crippen molar-refractivity contribution in [2.24, 2.45) is 10.8 Å². The van der Waals surface area contributed by atoms with Crippen LogP contribution in [-0.4, -0.2) is 174 Å². The maximum Gasteiger partial charge on any atom is 0.246 e. The van der Waals surface area contributed by atoms with E-state index in [0.717, 1.165) is 62.7 Å². The first-order valence-corrected chi connectivity index (χ1v) is 30.2. The highest BCUT2D eigenvalue weighted by Crippen LogP contribution is 2.31. The standard InChI is InChI=1S/C60H86N8O12S2/c1-39-51(81-37-64-39)43-18-14-41(15-19-43)30-62-55(73)48-28-45(69)33-67(48)57(75)53(59(3,4)5)61-32-47(71)35-79-26-12-24-77-22-10-9-11-23-78-25-13-27-80-36-50(72)66-54(60(6,7)8)58(76)68-34-46(70)29-49(68)56(74)63-31-42-16-20-44(21-17-42)52-40(2)65-38-82-52/h14-21,37-38,45-46,48-49,53-54,61,69-70H,9-13,22-36H2,1-8H3,(H,62,73)(H,63,74)(H,66,72)/t45-,46-,48+,49+,53-,54-/m1/s1. The summed E-state index contributed by atoms with van der Waals surface area (Å²) in [5.41, 5.74) is 8.13. The number of likely N-dealkylation sites (tertiary alicyclic amines) is 2. The van der Waals surface area contributed by atoms with E-state index in [-0.39, 0.29) is 82.3 Å². The summed E-state index contributed by atoms with van der Waals surface area (Å²) in [5.74, 6) is -2.19. The maximum absolute atomic E-state index is 14.0. The molecular formula is C60H86N8O12S2. The fourth-order valence-corrected chi connectivity index (χ4v) is 11.4.